The fourth-order valence-corrected chi connectivity index (χ4v) is 2.31. The number of halogens is 1. The molecule has 1 unspecified atom stereocenters. The molecule has 0 fully saturated rings. The van der Waals surface area contributed by atoms with Gasteiger partial charge in [0.05, 0.1) is 15.1 Å². The fourth-order valence-electron chi connectivity index (χ4n) is 0.985. The number of ether oxygens (including phenoxy) is 1. The molecule has 0 bridgehead atoms. The van der Waals surface area contributed by atoms with Gasteiger partial charge in [0.15, 0.2) is 11.6 Å². The maximum Gasteiger partial charge on any atom is 0.180 e. The Hall–Kier alpha value is -0.520. The summed E-state index contributed by atoms with van der Waals surface area (Å²) in [5.41, 5.74) is 0. The summed E-state index contributed by atoms with van der Waals surface area (Å²) in [5.74, 6) is -0.341. The molecule has 1 rings (SSSR count). The van der Waals surface area contributed by atoms with Crippen LogP contribution in [-0.2, 0) is 9.53 Å². The van der Waals surface area contributed by atoms with E-state index in [9.17, 15) is 9.59 Å². The fraction of sp³-hybridized carbons (Fsp3) is 0.400. The van der Waals surface area contributed by atoms with Crippen LogP contribution in [0, 0.1) is 0 Å². The summed E-state index contributed by atoms with van der Waals surface area (Å²) in [5, 5.41) is 0. The van der Waals surface area contributed by atoms with Crippen LogP contribution in [-0.4, -0.2) is 24.8 Å². The van der Waals surface area contributed by atoms with Gasteiger partial charge in [-0.3, -0.25) is 9.59 Å². The Labute approximate surface area is 101 Å². The lowest BCUT2D eigenvalue weighted by Gasteiger charge is -2.06. The molecule has 82 valence electrons. The van der Waals surface area contributed by atoms with E-state index in [-0.39, 0.29) is 18.0 Å². The number of thiophene rings is 1. The molecule has 0 saturated carbocycles. The molecule has 0 radical (unpaired) electrons. The van der Waals surface area contributed by atoms with E-state index in [1.165, 1.54) is 18.4 Å². The van der Waals surface area contributed by atoms with Crippen molar-refractivity contribution in [2.24, 2.45) is 0 Å². The van der Waals surface area contributed by atoms with E-state index in [2.05, 4.69) is 15.9 Å². The number of Topliss-reactive ketones (excluding diaryl/α,β-unsaturated/α-hetero) is 2. The third-order valence-corrected chi connectivity index (χ3v) is 3.65. The molecule has 15 heavy (non-hydrogen) atoms. The second kappa shape index (κ2) is 5.53. The molecule has 0 aliphatic carbocycles. The van der Waals surface area contributed by atoms with E-state index in [1.807, 2.05) is 0 Å². The molecule has 0 N–H and O–H groups in total. The molecule has 3 nitrogen and oxygen atoms in total. The molecule has 1 aromatic rings. The molecule has 0 aliphatic rings. The van der Waals surface area contributed by atoms with Crippen LogP contribution < -0.4 is 0 Å². The molecule has 0 spiro atoms. The number of hydrogen-bond acceptors (Lipinski definition) is 4. The normalized spacial score (nSPS) is 12.5. The SMILES string of the molecule is COC(C)C(=O)CC(=O)c1ccc(Br)s1. The van der Waals surface area contributed by atoms with Gasteiger partial charge in [0, 0.05) is 7.11 Å². The maximum atomic E-state index is 11.6. The van der Waals surface area contributed by atoms with Gasteiger partial charge >= 0.3 is 0 Å². The van der Waals surface area contributed by atoms with Crippen molar-refractivity contribution in [2.45, 2.75) is 19.4 Å². The second-order valence-corrected chi connectivity index (χ2v) is 5.51. The number of rotatable bonds is 5. The van der Waals surface area contributed by atoms with Crippen molar-refractivity contribution in [3.63, 3.8) is 0 Å². The third kappa shape index (κ3) is 3.52. The zero-order valence-corrected chi connectivity index (χ0v) is 10.9. The van der Waals surface area contributed by atoms with E-state index in [0.717, 1.165) is 3.79 Å². The van der Waals surface area contributed by atoms with Crippen LogP contribution in [0.5, 0.6) is 0 Å². The molecule has 0 saturated heterocycles. The van der Waals surface area contributed by atoms with Crippen molar-refractivity contribution >= 4 is 38.8 Å². The van der Waals surface area contributed by atoms with Crippen molar-refractivity contribution in [3.8, 4) is 0 Å². The maximum absolute atomic E-state index is 11.6. The lowest BCUT2D eigenvalue weighted by atomic mass is 10.1. The number of carbonyl (C=O) groups excluding carboxylic acids is 2. The van der Waals surface area contributed by atoms with Gasteiger partial charge < -0.3 is 4.74 Å². The Kier molecular flexibility index (Phi) is 4.63. The van der Waals surface area contributed by atoms with Crippen LogP contribution in [0.25, 0.3) is 0 Å². The average Bonchev–Trinajstić information content (AvgIpc) is 2.63. The van der Waals surface area contributed by atoms with E-state index in [1.54, 1.807) is 19.1 Å². The monoisotopic (exact) mass is 290 g/mol. The van der Waals surface area contributed by atoms with E-state index < -0.39 is 6.10 Å². The van der Waals surface area contributed by atoms with Gasteiger partial charge in [-0.2, -0.15) is 0 Å². The zero-order valence-electron chi connectivity index (χ0n) is 8.45. The molecule has 0 aromatic carbocycles. The van der Waals surface area contributed by atoms with Crippen LogP contribution in [0.4, 0.5) is 0 Å². The highest BCUT2D eigenvalue weighted by Crippen LogP contribution is 2.23. The van der Waals surface area contributed by atoms with Gasteiger partial charge in [0.1, 0.15) is 6.10 Å². The molecule has 1 atom stereocenters. The van der Waals surface area contributed by atoms with Crippen molar-refractivity contribution < 1.29 is 14.3 Å². The first-order valence-corrected chi connectivity index (χ1v) is 5.99. The first-order chi connectivity index (χ1) is 7.04. The van der Waals surface area contributed by atoms with Gasteiger partial charge in [-0.1, -0.05) is 0 Å². The minimum Gasteiger partial charge on any atom is -0.374 e. The zero-order chi connectivity index (χ0) is 11.4. The number of methoxy groups -OCH3 is 1. The standard InChI is InChI=1S/C10H11BrO3S/c1-6(14-2)7(12)5-8(13)9-3-4-10(11)15-9/h3-4,6H,5H2,1-2H3. The Morgan fingerprint density at radius 3 is 2.67 bits per heavy atom. The van der Waals surface area contributed by atoms with Crippen LogP contribution in [0.15, 0.2) is 15.9 Å². The first kappa shape index (κ1) is 12.5. The molecular formula is C10H11BrO3S. The second-order valence-electron chi connectivity index (χ2n) is 3.05. The summed E-state index contributed by atoms with van der Waals surface area (Å²) in [6.45, 7) is 1.64. The summed E-state index contributed by atoms with van der Waals surface area (Å²) in [4.78, 5) is 23.6. The van der Waals surface area contributed by atoms with E-state index in [4.69, 9.17) is 4.74 Å². The number of carbonyl (C=O) groups is 2. The molecule has 1 heterocycles. The first-order valence-electron chi connectivity index (χ1n) is 4.38. The predicted octanol–water partition coefficient (Wildman–Crippen LogP) is 2.69. The lowest BCUT2D eigenvalue weighted by molar-refractivity contribution is -0.126. The van der Waals surface area contributed by atoms with Gasteiger partial charge in [-0.25, -0.2) is 0 Å². The number of hydrogen-bond donors (Lipinski definition) is 0. The Morgan fingerprint density at radius 1 is 1.53 bits per heavy atom. The average molecular weight is 291 g/mol. The third-order valence-electron chi connectivity index (χ3n) is 1.99. The Balaban J connectivity index is 2.60. The predicted molar refractivity (Wildman–Crippen MR) is 62.4 cm³/mol. The minimum atomic E-state index is -0.516. The van der Waals surface area contributed by atoms with Crippen molar-refractivity contribution in [2.75, 3.05) is 7.11 Å². The van der Waals surface area contributed by atoms with Crippen molar-refractivity contribution in [1.82, 2.24) is 0 Å². The van der Waals surface area contributed by atoms with Crippen molar-refractivity contribution in [1.29, 1.82) is 0 Å². The number of ketones is 2. The topological polar surface area (TPSA) is 43.4 Å². The molecule has 0 amide bonds. The largest absolute Gasteiger partial charge is 0.374 e. The van der Waals surface area contributed by atoms with Crippen LogP contribution in [0.2, 0.25) is 0 Å². The quantitative estimate of drug-likeness (QED) is 0.619. The highest BCUT2D eigenvalue weighted by molar-refractivity contribution is 9.11. The van der Waals surface area contributed by atoms with E-state index >= 15 is 0 Å². The highest BCUT2D eigenvalue weighted by atomic mass is 79.9. The van der Waals surface area contributed by atoms with Gasteiger partial charge in [0.2, 0.25) is 0 Å². The molecule has 1 aromatic heterocycles. The van der Waals surface area contributed by atoms with E-state index in [0.29, 0.717) is 4.88 Å². The smallest absolute Gasteiger partial charge is 0.180 e. The summed E-state index contributed by atoms with van der Waals surface area (Å²) >= 11 is 4.60. The minimum absolute atomic E-state index is 0.0953. The lowest BCUT2D eigenvalue weighted by Crippen LogP contribution is -2.21. The van der Waals surface area contributed by atoms with Gasteiger partial charge in [0.25, 0.3) is 0 Å². The molecule has 5 heteroatoms. The highest BCUT2D eigenvalue weighted by Gasteiger charge is 2.18. The summed E-state index contributed by atoms with van der Waals surface area (Å²) in [7, 11) is 1.45. The van der Waals surface area contributed by atoms with Gasteiger partial charge in [-0.15, -0.1) is 11.3 Å². The summed E-state index contributed by atoms with van der Waals surface area (Å²) < 4.78 is 5.73. The van der Waals surface area contributed by atoms with Crippen LogP contribution in [0.1, 0.15) is 23.0 Å². The Morgan fingerprint density at radius 2 is 2.20 bits per heavy atom. The molecule has 0 aliphatic heterocycles. The van der Waals surface area contributed by atoms with Gasteiger partial charge in [-0.05, 0) is 35.0 Å². The van der Waals surface area contributed by atoms with Crippen LogP contribution in [0.3, 0.4) is 0 Å². The summed E-state index contributed by atoms with van der Waals surface area (Å²) in [6.07, 6.45) is -0.612. The summed E-state index contributed by atoms with van der Waals surface area (Å²) in [6, 6.07) is 3.50. The Bertz CT molecular complexity index is 372. The van der Waals surface area contributed by atoms with Crippen molar-refractivity contribution in [3.05, 3.63) is 20.8 Å². The van der Waals surface area contributed by atoms with Crippen LogP contribution >= 0.6 is 27.3 Å². The molecular weight excluding hydrogens is 280 g/mol.